The van der Waals surface area contributed by atoms with E-state index in [9.17, 15) is 22.4 Å². The molecule has 1 unspecified atom stereocenters. The Morgan fingerprint density at radius 1 is 1.14 bits per heavy atom. The molecule has 9 heteroatoms. The second-order valence-electron chi connectivity index (χ2n) is 6.13. The number of ether oxygens (including phenoxy) is 1. The van der Waals surface area contributed by atoms with E-state index in [1.54, 1.807) is 12.1 Å². The zero-order chi connectivity index (χ0) is 20.5. The highest BCUT2D eigenvalue weighted by Gasteiger charge is 2.22. The van der Waals surface area contributed by atoms with E-state index in [2.05, 4.69) is 4.72 Å². The Labute approximate surface area is 165 Å². The van der Waals surface area contributed by atoms with Crippen LogP contribution in [0.2, 0.25) is 0 Å². The van der Waals surface area contributed by atoms with Gasteiger partial charge in [0.1, 0.15) is 10.7 Å². The monoisotopic (exact) mass is 421 g/mol. The van der Waals surface area contributed by atoms with Gasteiger partial charge in [-0.15, -0.1) is 11.3 Å². The van der Waals surface area contributed by atoms with Gasteiger partial charge in [0.05, 0.1) is 6.26 Å². The number of ketones is 1. The van der Waals surface area contributed by atoms with Gasteiger partial charge in [0.15, 0.2) is 6.10 Å². The fourth-order valence-electron chi connectivity index (χ4n) is 2.55. The summed E-state index contributed by atoms with van der Waals surface area (Å²) in [6, 6.07) is 11.7. The number of carbonyl (C=O) groups excluding carboxylic acids is 2. The standard InChI is InChI=1S/C19H16FNO5S2/c1-11(18(22)12-6-8-13(9-7-12)21-28(2,24)25)26-19(23)17-10-14-15(20)4-3-5-16(14)27-17/h3-11,21H,1-2H3. The summed E-state index contributed by atoms with van der Waals surface area (Å²) in [5.74, 6) is -1.58. The number of esters is 1. The molecule has 0 radical (unpaired) electrons. The van der Waals surface area contributed by atoms with Gasteiger partial charge in [-0.05, 0) is 49.4 Å². The Hall–Kier alpha value is -2.78. The summed E-state index contributed by atoms with van der Waals surface area (Å²) in [5, 5.41) is 0.326. The molecule has 0 aliphatic heterocycles. The molecule has 3 aromatic rings. The molecule has 0 spiro atoms. The minimum Gasteiger partial charge on any atom is -0.450 e. The lowest BCUT2D eigenvalue weighted by molar-refractivity contribution is 0.0323. The lowest BCUT2D eigenvalue weighted by Crippen LogP contribution is -2.24. The normalized spacial score (nSPS) is 12.5. The lowest BCUT2D eigenvalue weighted by atomic mass is 10.1. The number of fused-ring (bicyclic) bond motifs is 1. The van der Waals surface area contributed by atoms with Crippen LogP contribution in [0.4, 0.5) is 10.1 Å². The van der Waals surface area contributed by atoms with Crippen LogP contribution >= 0.6 is 11.3 Å². The SMILES string of the molecule is CC(OC(=O)c1cc2c(F)cccc2s1)C(=O)c1ccc(NS(C)(=O)=O)cc1. The summed E-state index contributed by atoms with van der Waals surface area (Å²) in [5.41, 5.74) is 0.581. The Morgan fingerprint density at radius 3 is 2.43 bits per heavy atom. The first kappa shape index (κ1) is 20.0. The molecule has 1 N–H and O–H groups in total. The van der Waals surface area contributed by atoms with Gasteiger partial charge in [0.2, 0.25) is 15.8 Å². The van der Waals surface area contributed by atoms with Gasteiger partial charge in [-0.1, -0.05) is 6.07 Å². The molecule has 0 saturated heterocycles. The van der Waals surface area contributed by atoms with Crippen LogP contribution in [0.15, 0.2) is 48.5 Å². The van der Waals surface area contributed by atoms with Gasteiger partial charge >= 0.3 is 5.97 Å². The highest BCUT2D eigenvalue weighted by atomic mass is 32.2. The third kappa shape index (κ3) is 4.55. The number of rotatable bonds is 6. The number of sulfonamides is 1. The van der Waals surface area contributed by atoms with Gasteiger partial charge < -0.3 is 4.74 Å². The number of carbonyl (C=O) groups is 2. The van der Waals surface area contributed by atoms with Crippen LogP contribution in [-0.2, 0) is 14.8 Å². The van der Waals surface area contributed by atoms with E-state index >= 15 is 0 Å². The quantitative estimate of drug-likeness (QED) is 0.482. The summed E-state index contributed by atoms with van der Waals surface area (Å²) in [6.45, 7) is 1.44. The minimum atomic E-state index is -3.42. The first-order chi connectivity index (χ1) is 13.1. The largest absolute Gasteiger partial charge is 0.450 e. The molecule has 6 nitrogen and oxygen atoms in total. The fraction of sp³-hybridized carbons (Fsp3) is 0.158. The maximum Gasteiger partial charge on any atom is 0.349 e. The highest BCUT2D eigenvalue weighted by Crippen LogP contribution is 2.28. The van der Waals surface area contributed by atoms with Crippen LogP contribution in [0.5, 0.6) is 0 Å². The molecule has 1 atom stereocenters. The molecular formula is C19H16FNO5S2. The number of halogens is 1. The molecule has 146 valence electrons. The molecular weight excluding hydrogens is 405 g/mol. The molecule has 2 aromatic carbocycles. The van der Waals surface area contributed by atoms with E-state index in [0.717, 1.165) is 17.6 Å². The fourth-order valence-corrected chi connectivity index (χ4v) is 4.07. The molecule has 0 amide bonds. The van der Waals surface area contributed by atoms with E-state index in [4.69, 9.17) is 4.74 Å². The van der Waals surface area contributed by atoms with Gasteiger partial charge in [0, 0.05) is 21.3 Å². The number of thiophene rings is 1. The van der Waals surface area contributed by atoms with Crippen molar-refractivity contribution in [1.82, 2.24) is 0 Å². The molecule has 28 heavy (non-hydrogen) atoms. The second-order valence-corrected chi connectivity index (χ2v) is 8.96. The van der Waals surface area contributed by atoms with Crippen LogP contribution in [0.25, 0.3) is 10.1 Å². The molecule has 1 heterocycles. The summed E-state index contributed by atoms with van der Waals surface area (Å²) in [4.78, 5) is 25.0. The zero-order valence-electron chi connectivity index (χ0n) is 14.9. The Bertz CT molecular complexity index is 1150. The van der Waals surface area contributed by atoms with E-state index in [1.165, 1.54) is 43.3 Å². The first-order valence-corrected chi connectivity index (χ1v) is 10.9. The number of hydrogen-bond donors (Lipinski definition) is 1. The predicted octanol–water partition coefficient (Wildman–Crippen LogP) is 3.84. The Balaban J connectivity index is 1.70. The van der Waals surface area contributed by atoms with Gasteiger partial charge in [-0.3, -0.25) is 9.52 Å². The smallest absolute Gasteiger partial charge is 0.349 e. The summed E-state index contributed by atoms with van der Waals surface area (Å²) in [7, 11) is -3.42. The van der Waals surface area contributed by atoms with Crippen LogP contribution in [0.1, 0.15) is 27.0 Å². The first-order valence-electron chi connectivity index (χ1n) is 8.15. The zero-order valence-corrected chi connectivity index (χ0v) is 16.6. The second kappa shape index (κ2) is 7.69. The number of hydrogen-bond acceptors (Lipinski definition) is 6. The summed E-state index contributed by atoms with van der Waals surface area (Å²) in [6.07, 6.45) is -0.0377. The van der Waals surface area contributed by atoms with Gasteiger partial charge in [0.25, 0.3) is 0 Å². The van der Waals surface area contributed by atoms with E-state index < -0.39 is 33.7 Å². The number of nitrogens with one attached hydrogen (secondary N) is 1. The van der Waals surface area contributed by atoms with E-state index in [-0.39, 0.29) is 10.4 Å². The summed E-state index contributed by atoms with van der Waals surface area (Å²) >= 11 is 1.09. The van der Waals surface area contributed by atoms with Crippen molar-refractivity contribution in [3.05, 3.63) is 64.8 Å². The van der Waals surface area contributed by atoms with Crippen molar-refractivity contribution in [3.63, 3.8) is 0 Å². The van der Waals surface area contributed by atoms with Crippen molar-refractivity contribution in [2.75, 3.05) is 11.0 Å². The number of benzene rings is 2. The molecule has 1 aromatic heterocycles. The topological polar surface area (TPSA) is 89.5 Å². The van der Waals surface area contributed by atoms with Crippen molar-refractivity contribution < 1.29 is 27.1 Å². The number of Topliss-reactive ketones (excluding diaryl/α,β-unsaturated/α-hetero) is 1. The maximum atomic E-state index is 13.8. The Kier molecular flexibility index (Phi) is 5.48. The molecule has 0 aliphatic carbocycles. The highest BCUT2D eigenvalue weighted by molar-refractivity contribution is 7.92. The molecule has 3 rings (SSSR count). The van der Waals surface area contributed by atoms with Crippen molar-refractivity contribution in [1.29, 1.82) is 0 Å². The molecule has 0 fully saturated rings. The van der Waals surface area contributed by atoms with Gasteiger partial charge in [-0.2, -0.15) is 0 Å². The minimum absolute atomic E-state index is 0.201. The van der Waals surface area contributed by atoms with E-state index in [1.807, 2.05) is 0 Å². The van der Waals surface area contributed by atoms with Crippen LogP contribution < -0.4 is 4.72 Å². The third-order valence-electron chi connectivity index (χ3n) is 3.84. The van der Waals surface area contributed by atoms with Gasteiger partial charge in [-0.25, -0.2) is 17.6 Å². The van der Waals surface area contributed by atoms with Crippen LogP contribution in [0, 0.1) is 5.82 Å². The van der Waals surface area contributed by atoms with Crippen LogP contribution in [0.3, 0.4) is 0 Å². The maximum absolute atomic E-state index is 13.8. The van der Waals surface area contributed by atoms with Crippen molar-refractivity contribution in [3.8, 4) is 0 Å². The van der Waals surface area contributed by atoms with Crippen molar-refractivity contribution in [2.45, 2.75) is 13.0 Å². The average Bonchev–Trinajstić information content (AvgIpc) is 3.06. The predicted molar refractivity (Wildman–Crippen MR) is 106 cm³/mol. The molecule has 0 aliphatic rings. The Morgan fingerprint density at radius 2 is 1.82 bits per heavy atom. The third-order valence-corrected chi connectivity index (χ3v) is 5.52. The van der Waals surface area contributed by atoms with Crippen molar-refractivity contribution in [2.24, 2.45) is 0 Å². The average molecular weight is 421 g/mol. The van der Waals surface area contributed by atoms with Crippen molar-refractivity contribution >= 4 is 48.9 Å². The lowest BCUT2D eigenvalue weighted by Gasteiger charge is -2.12. The molecule has 0 bridgehead atoms. The van der Waals surface area contributed by atoms with E-state index in [0.29, 0.717) is 15.8 Å². The number of anilines is 1. The molecule has 0 saturated carbocycles. The van der Waals surface area contributed by atoms with Crippen LogP contribution in [-0.4, -0.2) is 32.5 Å². The summed E-state index contributed by atoms with van der Waals surface area (Å²) < 4.78 is 44.3.